The summed E-state index contributed by atoms with van der Waals surface area (Å²) in [5, 5.41) is 4.02. The molecule has 0 unspecified atom stereocenters. The highest BCUT2D eigenvalue weighted by Crippen LogP contribution is 2.38. The van der Waals surface area contributed by atoms with E-state index in [1.807, 2.05) is 0 Å². The molecule has 23 heavy (non-hydrogen) atoms. The van der Waals surface area contributed by atoms with Gasteiger partial charge in [0.1, 0.15) is 5.60 Å². The molecule has 1 aromatic carbocycles. The maximum absolute atomic E-state index is 11.6. The van der Waals surface area contributed by atoms with Crippen LogP contribution in [0.5, 0.6) is 17.2 Å². The molecule has 1 N–H and O–H groups in total. The average molecular weight is 324 g/mol. The molecule has 7 heteroatoms. The van der Waals surface area contributed by atoms with Gasteiger partial charge in [0.2, 0.25) is 5.75 Å². The van der Waals surface area contributed by atoms with Crippen molar-refractivity contribution in [1.29, 1.82) is 0 Å². The Morgan fingerprint density at radius 1 is 1.04 bits per heavy atom. The number of carbonyl (C=O) groups excluding carboxylic acids is 1. The van der Waals surface area contributed by atoms with Gasteiger partial charge in [-0.2, -0.15) is 5.10 Å². The molecule has 1 rings (SSSR count). The van der Waals surface area contributed by atoms with Gasteiger partial charge >= 0.3 is 6.09 Å². The van der Waals surface area contributed by atoms with Gasteiger partial charge < -0.3 is 18.9 Å². The second-order valence-corrected chi connectivity index (χ2v) is 5.72. The Hall–Kier alpha value is -2.44. The first kappa shape index (κ1) is 18.6. The van der Waals surface area contributed by atoms with Gasteiger partial charge in [0.25, 0.3) is 0 Å². The van der Waals surface area contributed by atoms with Crippen molar-refractivity contribution in [1.82, 2.24) is 5.43 Å². The molecule has 0 saturated carbocycles. The van der Waals surface area contributed by atoms with Gasteiger partial charge in [0.15, 0.2) is 11.5 Å². The van der Waals surface area contributed by atoms with E-state index in [4.69, 9.17) is 18.9 Å². The molecule has 0 aromatic heterocycles. The standard InChI is InChI=1S/C16H24N2O5/c1-10(17-18-15(19)23-16(2,3)4)11-8-12(20-5)14(22-7)13(9-11)21-6/h8-9H,1-7H3,(H,18,19). The minimum atomic E-state index is -0.621. The van der Waals surface area contributed by atoms with E-state index in [0.717, 1.165) is 5.56 Å². The predicted octanol–water partition coefficient (Wildman–Crippen LogP) is 2.96. The Bertz CT molecular complexity index is 566. The molecular formula is C16H24N2O5. The van der Waals surface area contributed by atoms with Gasteiger partial charge in [-0.25, -0.2) is 10.2 Å². The molecule has 0 bridgehead atoms. The quantitative estimate of drug-likeness (QED) is 0.665. The van der Waals surface area contributed by atoms with Crippen molar-refractivity contribution >= 4 is 11.8 Å². The van der Waals surface area contributed by atoms with Crippen molar-refractivity contribution < 1.29 is 23.7 Å². The third kappa shape index (κ3) is 5.36. The van der Waals surface area contributed by atoms with Crippen molar-refractivity contribution in [3.63, 3.8) is 0 Å². The fraction of sp³-hybridized carbons (Fsp3) is 0.500. The zero-order valence-electron chi connectivity index (χ0n) is 14.6. The molecule has 0 saturated heterocycles. The van der Waals surface area contributed by atoms with Gasteiger partial charge in [-0.15, -0.1) is 0 Å². The molecule has 128 valence electrons. The molecule has 0 radical (unpaired) electrons. The van der Waals surface area contributed by atoms with Crippen LogP contribution in [0.2, 0.25) is 0 Å². The van der Waals surface area contributed by atoms with E-state index in [1.54, 1.807) is 39.8 Å². The maximum atomic E-state index is 11.6. The van der Waals surface area contributed by atoms with Gasteiger partial charge in [-0.05, 0) is 39.8 Å². The smallest absolute Gasteiger partial charge is 0.428 e. The minimum Gasteiger partial charge on any atom is -0.493 e. The third-order valence-electron chi connectivity index (χ3n) is 2.80. The molecule has 0 aliphatic heterocycles. The first-order valence-corrected chi connectivity index (χ1v) is 7.05. The van der Waals surface area contributed by atoms with Crippen LogP contribution in [0.15, 0.2) is 17.2 Å². The van der Waals surface area contributed by atoms with Gasteiger partial charge in [-0.3, -0.25) is 0 Å². The highest BCUT2D eigenvalue weighted by Gasteiger charge is 2.17. The van der Waals surface area contributed by atoms with Crippen LogP contribution in [0.1, 0.15) is 33.3 Å². The molecule has 0 aliphatic rings. The van der Waals surface area contributed by atoms with Crippen molar-refractivity contribution in [2.75, 3.05) is 21.3 Å². The van der Waals surface area contributed by atoms with Gasteiger partial charge in [-0.1, -0.05) is 0 Å². The van der Waals surface area contributed by atoms with Crippen LogP contribution in [-0.4, -0.2) is 38.7 Å². The number of nitrogens with one attached hydrogen (secondary N) is 1. The lowest BCUT2D eigenvalue weighted by Crippen LogP contribution is -2.30. The lowest BCUT2D eigenvalue weighted by molar-refractivity contribution is 0.0529. The highest BCUT2D eigenvalue weighted by molar-refractivity contribution is 6.00. The van der Waals surface area contributed by atoms with Crippen LogP contribution in [0, 0.1) is 0 Å². The number of nitrogens with zero attached hydrogens (tertiary/aromatic N) is 1. The topological polar surface area (TPSA) is 78.4 Å². The Morgan fingerprint density at radius 2 is 1.57 bits per heavy atom. The summed E-state index contributed by atoms with van der Waals surface area (Å²) in [4.78, 5) is 11.6. The zero-order chi connectivity index (χ0) is 17.6. The number of hydrogen-bond acceptors (Lipinski definition) is 6. The van der Waals surface area contributed by atoms with E-state index in [0.29, 0.717) is 23.0 Å². The van der Waals surface area contributed by atoms with Crippen LogP contribution in [0.3, 0.4) is 0 Å². The number of hydrazone groups is 1. The molecule has 1 amide bonds. The van der Waals surface area contributed by atoms with Crippen LogP contribution in [0.25, 0.3) is 0 Å². The summed E-state index contributed by atoms with van der Waals surface area (Å²) in [5.74, 6) is 1.51. The summed E-state index contributed by atoms with van der Waals surface area (Å²) in [5.41, 5.74) is 3.05. The predicted molar refractivity (Wildman–Crippen MR) is 87.7 cm³/mol. The average Bonchev–Trinajstić information content (AvgIpc) is 2.49. The Kier molecular flexibility index (Phi) is 6.24. The maximum Gasteiger partial charge on any atom is 0.428 e. The number of benzene rings is 1. The van der Waals surface area contributed by atoms with Crippen LogP contribution < -0.4 is 19.6 Å². The van der Waals surface area contributed by atoms with E-state index in [2.05, 4.69) is 10.5 Å². The van der Waals surface area contributed by atoms with Crippen LogP contribution in [0.4, 0.5) is 4.79 Å². The SMILES string of the molecule is COc1cc(C(C)=NNC(=O)OC(C)(C)C)cc(OC)c1OC. The van der Waals surface area contributed by atoms with Gasteiger partial charge in [0.05, 0.1) is 27.0 Å². The molecule has 0 spiro atoms. The van der Waals surface area contributed by atoms with E-state index < -0.39 is 11.7 Å². The lowest BCUT2D eigenvalue weighted by Gasteiger charge is -2.18. The highest BCUT2D eigenvalue weighted by atomic mass is 16.6. The van der Waals surface area contributed by atoms with E-state index in [9.17, 15) is 4.79 Å². The molecule has 0 aliphatic carbocycles. The first-order valence-electron chi connectivity index (χ1n) is 7.05. The van der Waals surface area contributed by atoms with E-state index >= 15 is 0 Å². The van der Waals surface area contributed by atoms with Crippen molar-refractivity contribution in [3.05, 3.63) is 17.7 Å². The molecule has 0 fully saturated rings. The van der Waals surface area contributed by atoms with Crippen molar-refractivity contribution in [2.45, 2.75) is 33.3 Å². The largest absolute Gasteiger partial charge is 0.493 e. The van der Waals surface area contributed by atoms with Crippen LogP contribution >= 0.6 is 0 Å². The number of methoxy groups -OCH3 is 3. The van der Waals surface area contributed by atoms with Gasteiger partial charge in [0, 0.05) is 5.56 Å². The Morgan fingerprint density at radius 3 is 1.96 bits per heavy atom. The first-order chi connectivity index (χ1) is 10.7. The fourth-order valence-corrected chi connectivity index (χ4v) is 1.78. The summed E-state index contributed by atoms with van der Waals surface area (Å²) in [7, 11) is 4.60. The number of carbonyl (C=O) groups is 1. The van der Waals surface area contributed by atoms with Crippen LogP contribution in [-0.2, 0) is 4.74 Å². The Balaban J connectivity index is 3.01. The molecule has 0 heterocycles. The second kappa shape index (κ2) is 7.71. The van der Waals surface area contributed by atoms with E-state index in [-0.39, 0.29) is 0 Å². The molecule has 1 aromatic rings. The molecule has 7 nitrogen and oxygen atoms in total. The van der Waals surface area contributed by atoms with E-state index in [1.165, 1.54) is 21.3 Å². The third-order valence-corrected chi connectivity index (χ3v) is 2.80. The second-order valence-electron chi connectivity index (χ2n) is 5.72. The summed E-state index contributed by atoms with van der Waals surface area (Å²) < 4.78 is 21.0. The monoisotopic (exact) mass is 324 g/mol. The molecular weight excluding hydrogens is 300 g/mol. The number of amides is 1. The normalized spacial score (nSPS) is 11.7. The Labute approximate surface area is 136 Å². The number of ether oxygens (including phenoxy) is 4. The summed E-state index contributed by atoms with van der Waals surface area (Å²) >= 11 is 0. The lowest BCUT2D eigenvalue weighted by atomic mass is 10.1. The zero-order valence-corrected chi connectivity index (χ0v) is 14.6. The summed E-state index contributed by atoms with van der Waals surface area (Å²) in [6, 6.07) is 3.49. The molecule has 0 atom stereocenters. The fourth-order valence-electron chi connectivity index (χ4n) is 1.78. The summed E-state index contributed by atoms with van der Waals surface area (Å²) in [6.45, 7) is 7.09. The number of hydrogen-bond donors (Lipinski definition) is 1. The van der Waals surface area contributed by atoms with Crippen molar-refractivity contribution in [3.8, 4) is 17.2 Å². The summed E-state index contributed by atoms with van der Waals surface area (Å²) in [6.07, 6.45) is -0.621. The number of rotatable bonds is 5. The minimum absolute atomic E-state index is 0.492. The van der Waals surface area contributed by atoms with Crippen molar-refractivity contribution in [2.24, 2.45) is 5.10 Å².